The Hall–Kier alpha value is -1.95. The number of methoxy groups -OCH3 is 1. The maximum absolute atomic E-state index is 12.0. The van der Waals surface area contributed by atoms with E-state index in [0.29, 0.717) is 26.4 Å². The van der Waals surface area contributed by atoms with E-state index in [-0.39, 0.29) is 18.0 Å². The van der Waals surface area contributed by atoms with Crippen molar-refractivity contribution in [2.24, 2.45) is 0 Å². The molecule has 0 atom stereocenters. The number of nitrogens with one attached hydrogen (secondary N) is 2. The summed E-state index contributed by atoms with van der Waals surface area (Å²) in [7, 11) is 1.27. The molecule has 126 valence electrons. The molecular formula is C16H13Cl3N2O3. The molecule has 0 unspecified atom stereocenters. The average molecular weight is 388 g/mol. The van der Waals surface area contributed by atoms with Crippen LogP contribution in [0, 0.1) is 0 Å². The van der Waals surface area contributed by atoms with Crippen LogP contribution in [0.1, 0.15) is 10.4 Å². The Kier molecular flexibility index (Phi) is 6.31. The highest BCUT2D eigenvalue weighted by atomic mass is 35.5. The van der Waals surface area contributed by atoms with Crippen molar-refractivity contribution in [1.82, 2.24) is 0 Å². The molecule has 0 heterocycles. The highest BCUT2D eigenvalue weighted by molar-refractivity contribution is 6.36. The number of rotatable bonds is 5. The fraction of sp³-hybridized carbons (Fsp3) is 0.125. The Morgan fingerprint density at radius 3 is 2.42 bits per heavy atom. The van der Waals surface area contributed by atoms with E-state index < -0.39 is 5.97 Å². The highest BCUT2D eigenvalue weighted by Gasteiger charge is 2.11. The van der Waals surface area contributed by atoms with E-state index in [0.717, 1.165) is 0 Å². The minimum absolute atomic E-state index is 0.0415. The van der Waals surface area contributed by atoms with E-state index in [2.05, 4.69) is 15.4 Å². The van der Waals surface area contributed by atoms with Gasteiger partial charge >= 0.3 is 5.97 Å². The first-order chi connectivity index (χ1) is 11.4. The number of amides is 1. The molecule has 0 aliphatic heterocycles. The van der Waals surface area contributed by atoms with Crippen molar-refractivity contribution < 1.29 is 14.3 Å². The van der Waals surface area contributed by atoms with E-state index in [1.54, 1.807) is 18.2 Å². The van der Waals surface area contributed by atoms with Crippen LogP contribution >= 0.6 is 34.8 Å². The molecule has 0 aromatic heterocycles. The monoisotopic (exact) mass is 386 g/mol. The van der Waals surface area contributed by atoms with Crippen LogP contribution in [-0.4, -0.2) is 25.5 Å². The van der Waals surface area contributed by atoms with E-state index in [9.17, 15) is 9.59 Å². The molecule has 0 saturated heterocycles. The van der Waals surface area contributed by atoms with Crippen LogP contribution in [0.25, 0.3) is 0 Å². The summed E-state index contributed by atoms with van der Waals surface area (Å²) < 4.78 is 4.63. The van der Waals surface area contributed by atoms with Crippen LogP contribution in [0.15, 0.2) is 36.4 Å². The molecule has 0 spiro atoms. The molecule has 24 heavy (non-hydrogen) atoms. The van der Waals surface area contributed by atoms with Crippen molar-refractivity contribution >= 4 is 58.1 Å². The molecule has 2 aromatic rings. The molecule has 0 fully saturated rings. The van der Waals surface area contributed by atoms with Crippen LogP contribution in [0.2, 0.25) is 15.1 Å². The quantitative estimate of drug-likeness (QED) is 0.742. The smallest absolute Gasteiger partial charge is 0.337 e. The summed E-state index contributed by atoms with van der Waals surface area (Å²) in [5.74, 6) is -0.877. The minimum atomic E-state index is -0.520. The van der Waals surface area contributed by atoms with E-state index in [1.165, 1.54) is 25.3 Å². The highest BCUT2D eigenvalue weighted by Crippen LogP contribution is 2.26. The summed E-state index contributed by atoms with van der Waals surface area (Å²) in [5, 5.41) is 6.72. The fourth-order valence-electron chi connectivity index (χ4n) is 1.87. The second-order valence-corrected chi connectivity index (χ2v) is 5.96. The first kappa shape index (κ1) is 18.4. The zero-order chi connectivity index (χ0) is 17.7. The minimum Gasteiger partial charge on any atom is -0.465 e. The predicted molar refractivity (Wildman–Crippen MR) is 96.4 cm³/mol. The number of halogens is 3. The molecule has 0 bridgehead atoms. The Morgan fingerprint density at radius 2 is 1.75 bits per heavy atom. The summed E-state index contributed by atoms with van der Waals surface area (Å²) >= 11 is 17.9. The van der Waals surface area contributed by atoms with Crippen molar-refractivity contribution in [3.63, 3.8) is 0 Å². The third-order valence-corrected chi connectivity index (χ3v) is 3.91. The molecular weight excluding hydrogens is 375 g/mol. The van der Waals surface area contributed by atoms with Gasteiger partial charge in [-0.2, -0.15) is 0 Å². The zero-order valence-corrected chi connectivity index (χ0v) is 14.8. The van der Waals surface area contributed by atoms with Gasteiger partial charge in [0.2, 0.25) is 5.91 Å². The molecule has 0 aliphatic carbocycles. The summed E-state index contributed by atoms with van der Waals surface area (Å²) in [4.78, 5) is 23.6. The lowest BCUT2D eigenvalue weighted by Crippen LogP contribution is -2.22. The molecule has 5 nitrogen and oxygen atoms in total. The lowest BCUT2D eigenvalue weighted by atomic mass is 10.2. The second kappa shape index (κ2) is 8.24. The van der Waals surface area contributed by atoms with Gasteiger partial charge in [-0.05, 0) is 36.4 Å². The van der Waals surface area contributed by atoms with Crippen molar-refractivity contribution in [2.75, 3.05) is 24.3 Å². The van der Waals surface area contributed by atoms with Gasteiger partial charge in [0, 0.05) is 5.02 Å². The van der Waals surface area contributed by atoms with E-state index in [1.807, 2.05) is 0 Å². The first-order valence-electron chi connectivity index (χ1n) is 6.77. The zero-order valence-electron chi connectivity index (χ0n) is 12.5. The van der Waals surface area contributed by atoms with Gasteiger partial charge in [0.1, 0.15) is 0 Å². The normalized spacial score (nSPS) is 10.2. The van der Waals surface area contributed by atoms with Gasteiger partial charge < -0.3 is 15.4 Å². The number of ether oxygens (including phenoxy) is 1. The van der Waals surface area contributed by atoms with Gasteiger partial charge in [-0.25, -0.2) is 4.79 Å². The third-order valence-electron chi connectivity index (χ3n) is 3.03. The van der Waals surface area contributed by atoms with Crippen molar-refractivity contribution in [2.45, 2.75) is 0 Å². The van der Waals surface area contributed by atoms with Crippen LogP contribution in [-0.2, 0) is 9.53 Å². The van der Waals surface area contributed by atoms with Crippen molar-refractivity contribution in [3.05, 3.63) is 57.0 Å². The van der Waals surface area contributed by atoms with Gasteiger partial charge in [-0.3, -0.25) is 4.79 Å². The molecule has 2 rings (SSSR count). The topological polar surface area (TPSA) is 67.4 Å². The lowest BCUT2D eigenvalue weighted by molar-refractivity contribution is -0.114. The molecule has 0 radical (unpaired) electrons. The van der Waals surface area contributed by atoms with Crippen LogP contribution in [0.5, 0.6) is 0 Å². The molecule has 8 heteroatoms. The molecule has 2 N–H and O–H groups in total. The SMILES string of the molecule is COC(=O)c1ccc(Cl)c(NC(=O)CNc2ccc(Cl)cc2Cl)c1. The maximum Gasteiger partial charge on any atom is 0.337 e. The van der Waals surface area contributed by atoms with Gasteiger partial charge in [-0.1, -0.05) is 34.8 Å². The van der Waals surface area contributed by atoms with E-state index >= 15 is 0 Å². The van der Waals surface area contributed by atoms with Gasteiger partial charge in [0.25, 0.3) is 0 Å². The predicted octanol–water partition coefficient (Wildman–Crippen LogP) is 4.48. The number of hydrogen-bond donors (Lipinski definition) is 2. The number of esters is 1. The molecule has 0 saturated carbocycles. The van der Waals surface area contributed by atoms with Crippen LogP contribution < -0.4 is 10.6 Å². The fourth-order valence-corrected chi connectivity index (χ4v) is 2.51. The summed E-state index contributed by atoms with van der Waals surface area (Å²) in [5.41, 5.74) is 1.17. The Bertz CT molecular complexity index is 781. The number of carbonyl (C=O) groups excluding carboxylic acids is 2. The Labute approximate surface area is 153 Å². The maximum atomic E-state index is 12.0. The number of anilines is 2. The standard InChI is InChI=1S/C16H13Cl3N2O3/c1-24-16(23)9-2-4-11(18)14(6-9)21-15(22)8-20-13-5-3-10(17)7-12(13)19/h2-7,20H,8H2,1H3,(H,21,22). The van der Waals surface area contributed by atoms with Crippen molar-refractivity contribution in [1.29, 1.82) is 0 Å². The number of carbonyl (C=O) groups is 2. The molecule has 2 aromatic carbocycles. The van der Waals surface area contributed by atoms with E-state index in [4.69, 9.17) is 34.8 Å². The molecule has 0 aliphatic rings. The Morgan fingerprint density at radius 1 is 1.00 bits per heavy atom. The van der Waals surface area contributed by atoms with Gasteiger partial charge in [0.15, 0.2) is 0 Å². The molecule has 1 amide bonds. The first-order valence-corrected chi connectivity index (χ1v) is 7.90. The average Bonchev–Trinajstić information content (AvgIpc) is 2.55. The number of benzene rings is 2. The summed E-state index contributed by atoms with van der Waals surface area (Å²) in [6.45, 7) is -0.0415. The van der Waals surface area contributed by atoms with Crippen LogP contribution in [0.3, 0.4) is 0 Å². The largest absolute Gasteiger partial charge is 0.465 e. The summed E-state index contributed by atoms with van der Waals surface area (Å²) in [6, 6.07) is 9.36. The van der Waals surface area contributed by atoms with Gasteiger partial charge in [0.05, 0.1) is 40.6 Å². The second-order valence-electron chi connectivity index (χ2n) is 4.71. The number of hydrogen-bond acceptors (Lipinski definition) is 4. The Balaban J connectivity index is 2.03. The summed E-state index contributed by atoms with van der Waals surface area (Å²) in [6.07, 6.45) is 0. The van der Waals surface area contributed by atoms with Crippen molar-refractivity contribution in [3.8, 4) is 0 Å². The third kappa shape index (κ3) is 4.77. The van der Waals surface area contributed by atoms with Gasteiger partial charge in [-0.15, -0.1) is 0 Å². The van der Waals surface area contributed by atoms with Crippen LogP contribution in [0.4, 0.5) is 11.4 Å². The lowest BCUT2D eigenvalue weighted by Gasteiger charge is -2.11.